The molecule has 0 radical (unpaired) electrons. The number of rotatable bonds is 2. The molecular formula is C13H28Cl2N2. The molecule has 2 aliphatic carbocycles. The first-order chi connectivity index (χ1) is 7.27. The molecule has 0 unspecified atom stereocenters. The Kier molecular flexibility index (Phi) is 8.83. The molecule has 2 saturated carbocycles. The van der Waals surface area contributed by atoms with Gasteiger partial charge in [0.2, 0.25) is 0 Å². The molecule has 104 valence electrons. The fourth-order valence-electron chi connectivity index (χ4n) is 3.30. The van der Waals surface area contributed by atoms with Crippen molar-refractivity contribution in [2.24, 2.45) is 5.73 Å². The van der Waals surface area contributed by atoms with Crippen LogP contribution in [-0.4, -0.2) is 30.1 Å². The Labute approximate surface area is 119 Å². The fourth-order valence-corrected chi connectivity index (χ4v) is 3.30. The van der Waals surface area contributed by atoms with Crippen LogP contribution in [0.3, 0.4) is 0 Å². The van der Waals surface area contributed by atoms with Gasteiger partial charge in [-0.1, -0.05) is 19.3 Å². The molecule has 0 heterocycles. The highest BCUT2D eigenvalue weighted by molar-refractivity contribution is 5.85. The highest BCUT2D eigenvalue weighted by atomic mass is 35.5. The summed E-state index contributed by atoms with van der Waals surface area (Å²) in [5.74, 6) is 0. The van der Waals surface area contributed by atoms with Crippen LogP contribution in [0, 0.1) is 0 Å². The minimum atomic E-state index is 0. The SMILES string of the molecule is CN(C1CCCCC1)C1CCC(N)CC1.Cl.Cl. The molecule has 0 aromatic rings. The molecule has 0 amide bonds. The molecule has 2 N–H and O–H groups in total. The molecule has 0 atom stereocenters. The maximum Gasteiger partial charge on any atom is 0.00962 e. The van der Waals surface area contributed by atoms with Gasteiger partial charge in [0.1, 0.15) is 0 Å². The van der Waals surface area contributed by atoms with Crippen LogP contribution in [0.1, 0.15) is 57.8 Å². The van der Waals surface area contributed by atoms with E-state index in [4.69, 9.17) is 5.73 Å². The van der Waals surface area contributed by atoms with Crippen molar-refractivity contribution in [3.05, 3.63) is 0 Å². The summed E-state index contributed by atoms with van der Waals surface area (Å²) in [6, 6.07) is 2.19. The van der Waals surface area contributed by atoms with Crippen LogP contribution >= 0.6 is 24.8 Å². The third kappa shape index (κ3) is 4.94. The summed E-state index contributed by atoms with van der Waals surface area (Å²) in [7, 11) is 2.34. The van der Waals surface area contributed by atoms with Crippen molar-refractivity contribution in [3.63, 3.8) is 0 Å². The van der Waals surface area contributed by atoms with Crippen LogP contribution in [0.15, 0.2) is 0 Å². The zero-order valence-electron chi connectivity index (χ0n) is 10.9. The van der Waals surface area contributed by atoms with Gasteiger partial charge in [-0.25, -0.2) is 0 Å². The molecule has 4 heteroatoms. The van der Waals surface area contributed by atoms with E-state index in [0.29, 0.717) is 6.04 Å². The minimum absolute atomic E-state index is 0. The van der Waals surface area contributed by atoms with E-state index in [1.54, 1.807) is 0 Å². The van der Waals surface area contributed by atoms with Gasteiger partial charge in [0, 0.05) is 18.1 Å². The highest BCUT2D eigenvalue weighted by Crippen LogP contribution is 2.28. The second-order valence-corrected chi connectivity index (χ2v) is 5.53. The molecule has 0 aromatic carbocycles. The summed E-state index contributed by atoms with van der Waals surface area (Å²) in [5, 5.41) is 0. The third-order valence-electron chi connectivity index (χ3n) is 4.47. The van der Waals surface area contributed by atoms with Crippen molar-refractivity contribution < 1.29 is 0 Å². The molecule has 2 aliphatic rings. The topological polar surface area (TPSA) is 29.3 Å². The standard InChI is InChI=1S/C13H26N2.2ClH/c1-15(12-5-3-2-4-6-12)13-9-7-11(14)8-10-13;;/h11-13H,2-10,14H2,1H3;2*1H. The van der Waals surface area contributed by atoms with Gasteiger partial charge in [-0.05, 0) is 45.6 Å². The third-order valence-corrected chi connectivity index (χ3v) is 4.47. The van der Waals surface area contributed by atoms with Crippen molar-refractivity contribution in [1.29, 1.82) is 0 Å². The number of nitrogens with two attached hydrogens (primary N) is 1. The normalized spacial score (nSPS) is 30.5. The van der Waals surface area contributed by atoms with Crippen molar-refractivity contribution >= 4 is 24.8 Å². The van der Waals surface area contributed by atoms with Crippen molar-refractivity contribution in [3.8, 4) is 0 Å². The minimum Gasteiger partial charge on any atom is -0.328 e. The lowest BCUT2D eigenvalue weighted by Gasteiger charge is -2.40. The fraction of sp³-hybridized carbons (Fsp3) is 1.00. The number of nitrogens with zero attached hydrogens (tertiary/aromatic N) is 1. The molecule has 2 fully saturated rings. The van der Waals surface area contributed by atoms with Gasteiger partial charge >= 0.3 is 0 Å². The summed E-state index contributed by atoms with van der Waals surface area (Å²) < 4.78 is 0. The summed E-state index contributed by atoms with van der Waals surface area (Å²) >= 11 is 0. The molecule has 17 heavy (non-hydrogen) atoms. The van der Waals surface area contributed by atoms with Gasteiger partial charge in [0.15, 0.2) is 0 Å². The Balaban J connectivity index is 0.00000128. The molecule has 0 aromatic heterocycles. The Hall–Kier alpha value is 0.500. The molecule has 0 spiro atoms. The summed E-state index contributed by atoms with van der Waals surface area (Å²) in [4.78, 5) is 2.67. The first kappa shape index (κ1) is 17.5. The van der Waals surface area contributed by atoms with Crippen LogP contribution in [0.5, 0.6) is 0 Å². The summed E-state index contributed by atoms with van der Waals surface area (Å²) in [6.07, 6.45) is 12.3. The monoisotopic (exact) mass is 282 g/mol. The van der Waals surface area contributed by atoms with Gasteiger partial charge < -0.3 is 10.6 Å². The van der Waals surface area contributed by atoms with Crippen LogP contribution in [0.25, 0.3) is 0 Å². The average Bonchev–Trinajstić information content (AvgIpc) is 2.30. The lowest BCUT2D eigenvalue weighted by Crippen LogP contribution is -2.44. The molecule has 2 nitrogen and oxygen atoms in total. The highest BCUT2D eigenvalue weighted by Gasteiger charge is 2.27. The van der Waals surface area contributed by atoms with Gasteiger partial charge in [-0.15, -0.1) is 24.8 Å². The zero-order chi connectivity index (χ0) is 10.7. The van der Waals surface area contributed by atoms with Crippen LogP contribution < -0.4 is 5.73 Å². The second-order valence-electron chi connectivity index (χ2n) is 5.53. The zero-order valence-corrected chi connectivity index (χ0v) is 12.6. The van der Waals surface area contributed by atoms with Gasteiger partial charge in [-0.3, -0.25) is 0 Å². The van der Waals surface area contributed by atoms with Crippen LogP contribution in [0.2, 0.25) is 0 Å². The van der Waals surface area contributed by atoms with Crippen molar-refractivity contribution in [2.45, 2.75) is 75.9 Å². The maximum absolute atomic E-state index is 5.96. The molecule has 0 bridgehead atoms. The molecule has 0 aliphatic heterocycles. The van der Waals surface area contributed by atoms with E-state index in [2.05, 4.69) is 11.9 Å². The predicted octanol–water partition coefficient (Wildman–Crippen LogP) is 3.36. The quantitative estimate of drug-likeness (QED) is 0.842. The number of hydrogen-bond acceptors (Lipinski definition) is 2. The van der Waals surface area contributed by atoms with Gasteiger partial charge in [0.05, 0.1) is 0 Å². The van der Waals surface area contributed by atoms with E-state index in [1.807, 2.05) is 0 Å². The van der Waals surface area contributed by atoms with Gasteiger partial charge in [-0.2, -0.15) is 0 Å². The van der Waals surface area contributed by atoms with E-state index in [0.717, 1.165) is 12.1 Å². The van der Waals surface area contributed by atoms with Crippen LogP contribution in [0.4, 0.5) is 0 Å². The summed E-state index contributed by atoms with van der Waals surface area (Å²) in [6.45, 7) is 0. The van der Waals surface area contributed by atoms with E-state index < -0.39 is 0 Å². The largest absolute Gasteiger partial charge is 0.328 e. The first-order valence-electron chi connectivity index (χ1n) is 6.75. The lowest BCUT2D eigenvalue weighted by atomic mass is 9.87. The van der Waals surface area contributed by atoms with E-state index in [-0.39, 0.29) is 24.8 Å². The number of hydrogen-bond donors (Lipinski definition) is 1. The Morgan fingerprint density at radius 3 is 1.76 bits per heavy atom. The van der Waals surface area contributed by atoms with Crippen LogP contribution in [-0.2, 0) is 0 Å². The smallest absolute Gasteiger partial charge is 0.00962 e. The average molecular weight is 283 g/mol. The Morgan fingerprint density at radius 1 is 0.765 bits per heavy atom. The van der Waals surface area contributed by atoms with Gasteiger partial charge in [0.25, 0.3) is 0 Å². The van der Waals surface area contributed by atoms with E-state index in [1.165, 1.54) is 57.8 Å². The van der Waals surface area contributed by atoms with E-state index in [9.17, 15) is 0 Å². The Bertz CT molecular complexity index is 188. The van der Waals surface area contributed by atoms with Crippen molar-refractivity contribution in [2.75, 3.05) is 7.05 Å². The van der Waals surface area contributed by atoms with Crippen molar-refractivity contribution in [1.82, 2.24) is 4.90 Å². The maximum atomic E-state index is 5.96. The second kappa shape index (κ2) is 8.58. The predicted molar refractivity (Wildman–Crippen MR) is 79.4 cm³/mol. The van der Waals surface area contributed by atoms with E-state index >= 15 is 0 Å². The number of halogens is 2. The molecule has 0 saturated heterocycles. The molecular weight excluding hydrogens is 255 g/mol. The Morgan fingerprint density at radius 2 is 1.24 bits per heavy atom. The summed E-state index contributed by atoms with van der Waals surface area (Å²) in [5.41, 5.74) is 5.96. The lowest BCUT2D eigenvalue weighted by molar-refractivity contribution is 0.107. The first-order valence-corrected chi connectivity index (χ1v) is 6.75. The molecule has 2 rings (SSSR count).